The molecule has 1 rings (SSSR count). The predicted octanol–water partition coefficient (Wildman–Crippen LogP) is 4.07. The molecule has 0 spiro atoms. The summed E-state index contributed by atoms with van der Waals surface area (Å²) in [6.45, 7) is 7.56. The second-order valence-corrected chi connectivity index (χ2v) is 6.81. The number of halogens is 1. The smallest absolute Gasteiger partial charge is 0.269 e. The summed E-state index contributed by atoms with van der Waals surface area (Å²) in [4.78, 5) is 24.8. The quantitative estimate of drug-likeness (QED) is 0.496. The molecular formula is C20H27FN2O2. The second kappa shape index (κ2) is 9.83. The Morgan fingerprint density at radius 2 is 1.88 bits per heavy atom. The van der Waals surface area contributed by atoms with Gasteiger partial charge in [0.05, 0.1) is 5.54 Å². The van der Waals surface area contributed by atoms with Gasteiger partial charge < -0.3 is 0 Å². The highest BCUT2D eigenvalue weighted by atomic mass is 19.1. The topological polar surface area (TPSA) is 49.4 Å². The number of unbranched alkanes of at least 4 members (excludes halogenated alkanes) is 2. The molecule has 1 N–H and O–H groups in total. The molecule has 0 aliphatic rings. The van der Waals surface area contributed by atoms with Gasteiger partial charge in [0, 0.05) is 24.8 Å². The average Bonchev–Trinajstić information content (AvgIpc) is 2.54. The number of hydrogen-bond donors (Lipinski definition) is 1. The Bertz CT molecular complexity index is 654. The first kappa shape index (κ1) is 20.7. The molecular weight excluding hydrogens is 319 g/mol. The minimum Gasteiger partial charge on any atom is -0.273 e. The molecule has 0 unspecified atom stereocenters. The number of amides is 2. The van der Waals surface area contributed by atoms with Crippen molar-refractivity contribution in [3.8, 4) is 11.8 Å². The number of benzene rings is 1. The van der Waals surface area contributed by atoms with Crippen LogP contribution in [0.25, 0.3) is 0 Å². The first-order valence-electron chi connectivity index (χ1n) is 8.61. The Balaban J connectivity index is 2.70. The third-order valence-electron chi connectivity index (χ3n) is 3.41. The van der Waals surface area contributed by atoms with Crippen molar-refractivity contribution in [3.05, 3.63) is 35.6 Å². The van der Waals surface area contributed by atoms with Crippen LogP contribution in [0.5, 0.6) is 0 Å². The molecule has 0 atom stereocenters. The highest BCUT2D eigenvalue weighted by molar-refractivity contribution is 5.95. The van der Waals surface area contributed by atoms with Crippen LogP contribution in [-0.4, -0.2) is 22.4 Å². The van der Waals surface area contributed by atoms with Crippen molar-refractivity contribution >= 4 is 11.8 Å². The first-order valence-corrected chi connectivity index (χ1v) is 8.61. The summed E-state index contributed by atoms with van der Waals surface area (Å²) in [6.07, 6.45) is 3.47. The van der Waals surface area contributed by atoms with E-state index in [1.165, 1.54) is 23.2 Å². The van der Waals surface area contributed by atoms with Gasteiger partial charge in [-0.25, -0.2) is 9.40 Å². The Hall–Kier alpha value is -2.35. The molecule has 2 amide bonds. The molecule has 0 fully saturated rings. The van der Waals surface area contributed by atoms with Crippen LogP contribution >= 0.6 is 0 Å². The van der Waals surface area contributed by atoms with Gasteiger partial charge in [0.15, 0.2) is 0 Å². The van der Waals surface area contributed by atoms with E-state index in [9.17, 15) is 14.0 Å². The number of rotatable bonds is 5. The van der Waals surface area contributed by atoms with Crippen LogP contribution in [-0.2, 0) is 4.79 Å². The summed E-state index contributed by atoms with van der Waals surface area (Å²) in [5.74, 6) is 4.90. The normalized spacial score (nSPS) is 10.6. The van der Waals surface area contributed by atoms with Gasteiger partial charge in [-0.2, -0.15) is 0 Å². The average molecular weight is 346 g/mol. The fourth-order valence-corrected chi connectivity index (χ4v) is 2.14. The van der Waals surface area contributed by atoms with E-state index in [-0.39, 0.29) is 11.5 Å². The zero-order valence-electron chi connectivity index (χ0n) is 15.5. The molecule has 1 aromatic rings. The van der Waals surface area contributed by atoms with Crippen molar-refractivity contribution in [2.75, 3.05) is 0 Å². The fourth-order valence-electron chi connectivity index (χ4n) is 2.14. The van der Waals surface area contributed by atoms with E-state index in [0.29, 0.717) is 19.3 Å². The van der Waals surface area contributed by atoms with E-state index in [0.717, 1.165) is 18.9 Å². The Kier molecular flexibility index (Phi) is 8.13. The molecule has 0 saturated carbocycles. The van der Waals surface area contributed by atoms with Gasteiger partial charge in [-0.3, -0.25) is 15.0 Å². The molecule has 136 valence electrons. The lowest BCUT2D eigenvalue weighted by Gasteiger charge is -2.35. The van der Waals surface area contributed by atoms with Gasteiger partial charge in [-0.05, 0) is 51.8 Å². The van der Waals surface area contributed by atoms with Crippen LogP contribution in [0.15, 0.2) is 24.3 Å². The van der Waals surface area contributed by atoms with Crippen LogP contribution in [0.4, 0.5) is 4.39 Å². The van der Waals surface area contributed by atoms with Gasteiger partial charge in [0.1, 0.15) is 5.82 Å². The monoisotopic (exact) mass is 346 g/mol. The Morgan fingerprint density at radius 3 is 2.48 bits per heavy atom. The predicted molar refractivity (Wildman–Crippen MR) is 97.0 cm³/mol. The second-order valence-electron chi connectivity index (χ2n) is 6.81. The standard InChI is InChI=1S/C20H27FN2O2/c1-5-6-7-8-9-10-14-18(24)23(20(2,3)4)22-19(25)16-12-11-13-17(21)15-16/h11-13,15H,5-6,9-10,14H2,1-4H3,(H,22,25). The van der Waals surface area contributed by atoms with Crippen molar-refractivity contribution in [2.45, 2.75) is 65.3 Å². The van der Waals surface area contributed by atoms with Gasteiger partial charge in [0.2, 0.25) is 5.91 Å². The summed E-state index contributed by atoms with van der Waals surface area (Å²) < 4.78 is 13.3. The maximum atomic E-state index is 13.3. The zero-order valence-corrected chi connectivity index (χ0v) is 15.5. The number of hydrazine groups is 1. The molecule has 4 nitrogen and oxygen atoms in total. The number of hydrogen-bond acceptors (Lipinski definition) is 2. The minimum absolute atomic E-state index is 0.174. The lowest BCUT2D eigenvalue weighted by atomic mass is 10.1. The van der Waals surface area contributed by atoms with Crippen molar-refractivity contribution < 1.29 is 14.0 Å². The van der Waals surface area contributed by atoms with Crippen molar-refractivity contribution in [3.63, 3.8) is 0 Å². The molecule has 0 bridgehead atoms. The zero-order chi connectivity index (χ0) is 18.9. The lowest BCUT2D eigenvalue weighted by Crippen LogP contribution is -2.55. The van der Waals surface area contributed by atoms with E-state index < -0.39 is 17.3 Å². The first-order chi connectivity index (χ1) is 11.8. The number of carbonyl (C=O) groups excluding carboxylic acids is 2. The largest absolute Gasteiger partial charge is 0.273 e. The molecule has 1 aromatic carbocycles. The molecule has 0 aliphatic heterocycles. The van der Waals surface area contributed by atoms with Gasteiger partial charge in [-0.15, -0.1) is 11.8 Å². The fraction of sp³-hybridized carbons (Fsp3) is 0.500. The van der Waals surface area contributed by atoms with Crippen molar-refractivity contribution in [1.82, 2.24) is 10.4 Å². The molecule has 0 saturated heterocycles. The van der Waals surface area contributed by atoms with Crippen LogP contribution in [0.2, 0.25) is 0 Å². The SMILES string of the molecule is CCCC#CCCCC(=O)N(NC(=O)c1cccc(F)c1)C(C)(C)C. The Morgan fingerprint density at radius 1 is 1.20 bits per heavy atom. The van der Waals surface area contributed by atoms with Crippen LogP contribution in [0, 0.1) is 17.7 Å². The molecule has 0 aliphatic carbocycles. The summed E-state index contributed by atoms with van der Waals surface area (Å²) in [7, 11) is 0. The number of nitrogens with one attached hydrogen (secondary N) is 1. The van der Waals surface area contributed by atoms with Gasteiger partial charge in [0.25, 0.3) is 5.91 Å². The maximum absolute atomic E-state index is 13.3. The van der Waals surface area contributed by atoms with E-state index in [2.05, 4.69) is 24.2 Å². The summed E-state index contributed by atoms with van der Waals surface area (Å²) >= 11 is 0. The lowest BCUT2D eigenvalue weighted by molar-refractivity contribution is -0.139. The summed E-state index contributed by atoms with van der Waals surface area (Å²) in [5, 5.41) is 1.32. The minimum atomic E-state index is -0.589. The highest BCUT2D eigenvalue weighted by Gasteiger charge is 2.28. The third-order valence-corrected chi connectivity index (χ3v) is 3.41. The van der Waals surface area contributed by atoms with E-state index in [1.54, 1.807) is 0 Å². The third kappa shape index (κ3) is 7.38. The Labute approximate surface area is 149 Å². The van der Waals surface area contributed by atoms with E-state index in [1.807, 2.05) is 20.8 Å². The van der Waals surface area contributed by atoms with Crippen molar-refractivity contribution in [2.24, 2.45) is 0 Å². The molecule has 0 radical (unpaired) electrons. The molecule has 0 aromatic heterocycles. The van der Waals surface area contributed by atoms with Crippen molar-refractivity contribution in [1.29, 1.82) is 0 Å². The summed E-state index contributed by atoms with van der Waals surface area (Å²) in [5.41, 5.74) is 2.19. The van der Waals surface area contributed by atoms with Crippen LogP contribution in [0.3, 0.4) is 0 Å². The maximum Gasteiger partial charge on any atom is 0.269 e. The van der Waals surface area contributed by atoms with Crippen LogP contribution in [0.1, 0.15) is 70.2 Å². The molecule has 0 heterocycles. The van der Waals surface area contributed by atoms with Gasteiger partial charge in [-0.1, -0.05) is 13.0 Å². The number of nitrogens with zero attached hydrogens (tertiary/aromatic N) is 1. The number of carbonyl (C=O) groups is 2. The van der Waals surface area contributed by atoms with E-state index in [4.69, 9.17) is 0 Å². The van der Waals surface area contributed by atoms with E-state index >= 15 is 0 Å². The molecule has 5 heteroatoms. The summed E-state index contributed by atoms with van der Waals surface area (Å²) in [6, 6.07) is 5.38. The van der Waals surface area contributed by atoms with Crippen LogP contribution < -0.4 is 5.43 Å². The highest BCUT2D eigenvalue weighted by Crippen LogP contribution is 2.14. The molecule has 25 heavy (non-hydrogen) atoms. The van der Waals surface area contributed by atoms with Gasteiger partial charge >= 0.3 is 0 Å².